The van der Waals surface area contributed by atoms with Crippen LogP contribution in [0.25, 0.3) is 0 Å². The Labute approximate surface area is 112 Å². The monoisotopic (exact) mass is 259 g/mol. The molecule has 19 heavy (non-hydrogen) atoms. The van der Waals surface area contributed by atoms with Crippen molar-refractivity contribution in [1.29, 1.82) is 0 Å². The summed E-state index contributed by atoms with van der Waals surface area (Å²) in [5, 5.41) is 4.34. The van der Waals surface area contributed by atoms with E-state index in [0.29, 0.717) is 17.9 Å². The Balaban J connectivity index is 2.23. The standard InChI is InChI=1S/C14H17N3O2/c1-4-10-8-11(17(2)16-10)9-13(18)12-6-5-7-15-14(12)19-3/h5-8H,4,9H2,1-3H3. The summed E-state index contributed by atoms with van der Waals surface area (Å²) in [6.07, 6.45) is 2.76. The van der Waals surface area contributed by atoms with E-state index >= 15 is 0 Å². The molecule has 0 saturated carbocycles. The number of pyridine rings is 1. The van der Waals surface area contributed by atoms with Gasteiger partial charge in [0.1, 0.15) is 0 Å². The highest BCUT2D eigenvalue weighted by molar-refractivity contribution is 5.99. The average Bonchev–Trinajstić information content (AvgIpc) is 2.79. The molecule has 100 valence electrons. The van der Waals surface area contributed by atoms with Crippen molar-refractivity contribution in [3.8, 4) is 5.88 Å². The zero-order chi connectivity index (χ0) is 13.8. The van der Waals surface area contributed by atoms with Crippen molar-refractivity contribution < 1.29 is 9.53 Å². The van der Waals surface area contributed by atoms with E-state index in [1.807, 2.05) is 20.0 Å². The molecule has 2 aromatic heterocycles. The first kappa shape index (κ1) is 13.3. The van der Waals surface area contributed by atoms with Gasteiger partial charge in [-0.25, -0.2) is 4.98 Å². The van der Waals surface area contributed by atoms with Crippen LogP contribution in [0.1, 0.15) is 28.7 Å². The van der Waals surface area contributed by atoms with Gasteiger partial charge in [-0.1, -0.05) is 6.92 Å². The molecule has 0 aliphatic heterocycles. The highest BCUT2D eigenvalue weighted by Gasteiger charge is 2.15. The molecule has 0 aliphatic carbocycles. The lowest BCUT2D eigenvalue weighted by molar-refractivity contribution is 0.0987. The van der Waals surface area contributed by atoms with Gasteiger partial charge in [0.15, 0.2) is 5.78 Å². The van der Waals surface area contributed by atoms with E-state index in [2.05, 4.69) is 10.1 Å². The Morgan fingerprint density at radius 1 is 1.47 bits per heavy atom. The molecular formula is C14H17N3O2. The first-order chi connectivity index (χ1) is 9.15. The Bertz CT molecular complexity index is 590. The maximum atomic E-state index is 12.3. The largest absolute Gasteiger partial charge is 0.480 e. The van der Waals surface area contributed by atoms with Crippen molar-refractivity contribution in [3.63, 3.8) is 0 Å². The summed E-state index contributed by atoms with van der Waals surface area (Å²) in [5.41, 5.74) is 2.39. The number of aryl methyl sites for hydroxylation is 2. The summed E-state index contributed by atoms with van der Waals surface area (Å²) in [4.78, 5) is 16.3. The number of ether oxygens (including phenoxy) is 1. The second-order valence-corrected chi connectivity index (χ2v) is 4.26. The third kappa shape index (κ3) is 2.81. The van der Waals surface area contributed by atoms with Gasteiger partial charge in [0.2, 0.25) is 5.88 Å². The van der Waals surface area contributed by atoms with Crippen LogP contribution in [0.15, 0.2) is 24.4 Å². The summed E-state index contributed by atoms with van der Waals surface area (Å²) in [6, 6.07) is 5.42. The lowest BCUT2D eigenvalue weighted by atomic mass is 10.1. The maximum absolute atomic E-state index is 12.3. The zero-order valence-electron chi connectivity index (χ0n) is 11.4. The molecule has 2 rings (SSSR count). The van der Waals surface area contributed by atoms with Crippen LogP contribution in [0.5, 0.6) is 5.88 Å². The lowest BCUT2D eigenvalue weighted by Gasteiger charge is -2.06. The topological polar surface area (TPSA) is 57.0 Å². The van der Waals surface area contributed by atoms with Crippen molar-refractivity contribution >= 4 is 5.78 Å². The zero-order valence-corrected chi connectivity index (χ0v) is 11.4. The van der Waals surface area contributed by atoms with Gasteiger partial charge < -0.3 is 4.74 Å². The lowest BCUT2D eigenvalue weighted by Crippen LogP contribution is -2.09. The fourth-order valence-electron chi connectivity index (χ4n) is 1.94. The van der Waals surface area contributed by atoms with Crippen LogP contribution < -0.4 is 4.74 Å². The Hall–Kier alpha value is -2.17. The number of nitrogens with zero attached hydrogens (tertiary/aromatic N) is 3. The summed E-state index contributed by atoms with van der Waals surface area (Å²) < 4.78 is 6.86. The van der Waals surface area contributed by atoms with E-state index in [-0.39, 0.29) is 5.78 Å². The predicted octanol–water partition coefficient (Wildman–Crippen LogP) is 1.81. The molecule has 2 aromatic rings. The molecule has 0 atom stereocenters. The predicted molar refractivity (Wildman–Crippen MR) is 71.4 cm³/mol. The second-order valence-electron chi connectivity index (χ2n) is 4.26. The minimum atomic E-state index is -0.0180. The van der Waals surface area contributed by atoms with Gasteiger partial charge in [-0.3, -0.25) is 9.48 Å². The number of hydrogen-bond acceptors (Lipinski definition) is 4. The summed E-state index contributed by atoms with van der Waals surface area (Å²) in [7, 11) is 3.36. The van der Waals surface area contributed by atoms with E-state index in [0.717, 1.165) is 17.8 Å². The first-order valence-corrected chi connectivity index (χ1v) is 6.19. The van der Waals surface area contributed by atoms with E-state index in [1.165, 1.54) is 7.11 Å². The molecule has 0 unspecified atom stereocenters. The van der Waals surface area contributed by atoms with Crippen molar-refractivity contribution in [1.82, 2.24) is 14.8 Å². The highest BCUT2D eigenvalue weighted by atomic mass is 16.5. The fourth-order valence-corrected chi connectivity index (χ4v) is 1.94. The molecule has 0 radical (unpaired) electrons. The smallest absolute Gasteiger partial charge is 0.224 e. The number of carbonyl (C=O) groups is 1. The van der Waals surface area contributed by atoms with Crippen LogP contribution in [0.4, 0.5) is 0 Å². The van der Waals surface area contributed by atoms with Gasteiger partial charge in [0.05, 0.1) is 24.8 Å². The molecule has 0 saturated heterocycles. The van der Waals surface area contributed by atoms with E-state index in [9.17, 15) is 4.79 Å². The van der Waals surface area contributed by atoms with Gasteiger partial charge >= 0.3 is 0 Å². The number of rotatable bonds is 5. The molecule has 0 aromatic carbocycles. The van der Waals surface area contributed by atoms with E-state index in [4.69, 9.17) is 4.74 Å². The number of methoxy groups -OCH3 is 1. The SMILES string of the molecule is CCc1cc(CC(=O)c2cccnc2OC)n(C)n1. The van der Waals surface area contributed by atoms with Gasteiger partial charge in [-0.05, 0) is 24.6 Å². The van der Waals surface area contributed by atoms with Crippen molar-refractivity contribution in [2.24, 2.45) is 7.05 Å². The number of hydrogen-bond donors (Lipinski definition) is 0. The van der Waals surface area contributed by atoms with E-state index < -0.39 is 0 Å². The first-order valence-electron chi connectivity index (χ1n) is 6.19. The molecule has 0 amide bonds. The summed E-state index contributed by atoms with van der Waals surface area (Å²) in [6.45, 7) is 2.04. The molecule has 5 heteroatoms. The van der Waals surface area contributed by atoms with Gasteiger partial charge in [0.25, 0.3) is 0 Å². The van der Waals surface area contributed by atoms with Crippen LogP contribution in [0, 0.1) is 0 Å². The highest BCUT2D eigenvalue weighted by Crippen LogP contribution is 2.17. The third-order valence-corrected chi connectivity index (χ3v) is 3.00. The quantitative estimate of drug-likeness (QED) is 0.768. The molecule has 0 bridgehead atoms. The van der Waals surface area contributed by atoms with Gasteiger partial charge in [0, 0.05) is 18.9 Å². The average molecular weight is 259 g/mol. The van der Waals surface area contributed by atoms with Crippen LogP contribution in [-0.4, -0.2) is 27.7 Å². The Morgan fingerprint density at radius 2 is 2.26 bits per heavy atom. The Morgan fingerprint density at radius 3 is 2.89 bits per heavy atom. The summed E-state index contributed by atoms with van der Waals surface area (Å²) >= 11 is 0. The van der Waals surface area contributed by atoms with Crippen molar-refractivity contribution in [3.05, 3.63) is 41.3 Å². The number of carbonyl (C=O) groups excluding carboxylic acids is 1. The minimum absolute atomic E-state index is 0.0180. The normalized spacial score (nSPS) is 10.5. The number of ketones is 1. The molecule has 0 aliphatic rings. The van der Waals surface area contributed by atoms with Crippen LogP contribution in [0.2, 0.25) is 0 Å². The molecule has 0 fully saturated rings. The number of Topliss-reactive ketones (excluding diaryl/α,β-unsaturated/α-hetero) is 1. The van der Waals surface area contributed by atoms with Gasteiger partial charge in [-0.15, -0.1) is 0 Å². The van der Waals surface area contributed by atoms with Crippen LogP contribution >= 0.6 is 0 Å². The minimum Gasteiger partial charge on any atom is -0.480 e. The number of aromatic nitrogens is 3. The summed E-state index contributed by atoms with van der Waals surface area (Å²) in [5.74, 6) is 0.348. The van der Waals surface area contributed by atoms with Crippen LogP contribution in [0.3, 0.4) is 0 Å². The van der Waals surface area contributed by atoms with E-state index in [1.54, 1.807) is 23.0 Å². The molecular weight excluding hydrogens is 242 g/mol. The van der Waals surface area contributed by atoms with Gasteiger partial charge in [-0.2, -0.15) is 5.10 Å². The second kappa shape index (κ2) is 5.65. The van der Waals surface area contributed by atoms with Crippen molar-refractivity contribution in [2.45, 2.75) is 19.8 Å². The fraction of sp³-hybridized carbons (Fsp3) is 0.357. The molecule has 0 N–H and O–H groups in total. The third-order valence-electron chi connectivity index (χ3n) is 3.00. The maximum Gasteiger partial charge on any atom is 0.224 e. The molecule has 2 heterocycles. The molecule has 5 nitrogen and oxygen atoms in total. The van der Waals surface area contributed by atoms with Crippen molar-refractivity contribution in [2.75, 3.05) is 7.11 Å². The molecule has 0 spiro atoms. The van der Waals surface area contributed by atoms with Crippen LogP contribution in [-0.2, 0) is 19.9 Å². The Kier molecular flexibility index (Phi) is 3.94.